The zero-order valence-corrected chi connectivity index (χ0v) is 9.76. The van der Waals surface area contributed by atoms with Gasteiger partial charge in [-0.15, -0.1) is 0 Å². The van der Waals surface area contributed by atoms with E-state index < -0.39 is 29.2 Å². The molecule has 0 unspecified atom stereocenters. The Kier molecular flexibility index (Phi) is 3.43. The van der Waals surface area contributed by atoms with Crippen molar-refractivity contribution in [2.75, 3.05) is 0 Å². The van der Waals surface area contributed by atoms with Crippen molar-refractivity contribution in [1.29, 1.82) is 0 Å². The summed E-state index contributed by atoms with van der Waals surface area (Å²) in [6, 6.07) is 9.72. The Morgan fingerprint density at radius 2 is 2.00 bits per heavy atom. The minimum atomic E-state index is -1.42. The quantitative estimate of drug-likeness (QED) is 0.473. The number of esters is 1. The summed E-state index contributed by atoms with van der Waals surface area (Å²) in [5.74, 6) is -5.56. The Morgan fingerprint density at radius 3 is 2.63 bits per heavy atom. The van der Waals surface area contributed by atoms with Crippen molar-refractivity contribution in [2.45, 2.75) is 6.92 Å². The van der Waals surface area contributed by atoms with Crippen LogP contribution in [0.15, 0.2) is 24.3 Å². The predicted octanol–water partition coefficient (Wildman–Crippen LogP) is 3.23. The number of carbonyl (C=O) groups excluding carboxylic acids is 1. The molecular formula is C14H7F3O2. The van der Waals surface area contributed by atoms with Crippen LogP contribution in [0.25, 0.3) is 0 Å². The van der Waals surface area contributed by atoms with Crippen LogP contribution in [0, 0.1) is 36.5 Å². The summed E-state index contributed by atoms with van der Waals surface area (Å²) in [5.41, 5.74) is -0.307. The summed E-state index contributed by atoms with van der Waals surface area (Å²) in [7, 11) is 0. The van der Waals surface area contributed by atoms with Crippen LogP contribution in [0.2, 0.25) is 0 Å². The smallest absolute Gasteiger partial charge is 0.352 e. The molecule has 2 aromatic rings. The van der Waals surface area contributed by atoms with Crippen LogP contribution in [0.5, 0.6) is 5.75 Å². The molecule has 0 spiro atoms. The maximum atomic E-state index is 13.5. The van der Waals surface area contributed by atoms with Crippen LogP contribution in [0.1, 0.15) is 15.9 Å². The fraction of sp³-hybridized carbons (Fsp3) is 0.0714. The molecule has 19 heavy (non-hydrogen) atoms. The number of hydrogen-bond donors (Lipinski definition) is 0. The molecule has 0 saturated heterocycles. The monoisotopic (exact) mass is 264 g/mol. The van der Waals surface area contributed by atoms with Gasteiger partial charge in [-0.05, 0) is 19.1 Å². The highest BCUT2D eigenvalue weighted by molar-refractivity contribution is 5.90. The highest BCUT2D eigenvalue weighted by Crippen LogP contribution is 2.27. The lowest BCUT2D eigenvalue weighted by atomic mass is 10.2. The lowest BCUT2D eigenvalue weighted by molar-refractivity contribution is 0.0724. The van der Waals surface area contributed by atoms with Crippen molar-refractivity contribution in [1.82, 2.24) is 0 Å². The van der Waals surface area contributed by atoms with Crippen LogP contribution in [-0.4, -0.2) is 5.97 Å². The van der Waals surface area contributed by atoms with Crippen LogP contribution in [0.4, 0.5) is 13.2 Å². The molecule has 5 heteroatoms. The average molecular weight is 264 g/mol. The molecule has 0 aliphatic carbocycles. The molecule has 0 bridgehead atoms. The molecule has 2 rings (SSSR count). The number of benzene rings is 1. The zero-order valence-electron chi connectivity index (χ0n) is 9.76. The maximum Gasteiger partial charge on any atom is 0.352 e. The van der Waals surface area contributed by atoms with Gasteiger partial charge in [0.05, 0.1) is 0 Å². The van der Waals surface area contributed by atoms with Gasteiger partial charge in [0.15, 0.2) is 11.6 Å². The topological polar surface area (TPSA) is 26.3 Å². The standard InChI is InChI=1S/C14H7F3O2/c1-8-10(15)7-11(16)12(17)13(8)19-14(18)9-5-3-2-4-6-9/h2-3,5,7H,1H3. The van der Waals surface area contributed by atoms with E-state index >= 15 is 0 Å². The molecule has 0 saturated carbocycles. The first-order chi connectivity index (χ1) is 9.00. The van der Waals surface area contributed by atoms with Crippen molar-refractivity contribution >= 4 is 5.97 Å². The molecule has 96 valence electrons. The van der Waals surface area contributed by atoms with E-state index in [0.29, 0.717) is 6.07 Å². The average Bonchev–Trinajstić information content (AvgIpc) is 2.42. The summed E-state index contributed by atoms with van der Waals surface area (Å²) >= 11 is 0. The number of halogens is 3. The molecule has 0 amide bonds. The van der Waals surface area contributed by atoms with Gasteiger partial charge in [0.2, 0.25) is 5.82 Å². The van der Waals surface area contributed by atoms with E-state index in [1.165, 1.54) is 25.1 Å². The van der Waals surface area contributed by atoms with Crippen LogP contribution < -0.4 is 4.74 Å². The summed E-state index contributed by atoms with van der Waals surface area (Å²) in [5, 5.41) is 0. The second-order valence-electron chi connectivity index (χ2n) is 3.71. The molecule has 0 N–H and O–H groups in total. The summed E-state index contributed by atoms with van der Waals surface area (Å²) in [6.07, 6.45) is 0. The van der Waals surface area contributed by atoms with E-state index in [1.807, 2.05) is 0 Å². The van der Waals surface area contributed by atoms with Gasteiger partial charge in [-0.25, -0.2) is 13.6 Å². The fourth-order valence-corrected chi connectivity index (χ4v) is 1.41. The summed E-state index contributed by atoms with van der Waals surface area (Å²) < 4.78 is 44.5. The second kappa shape index (κ2) is 5.02. The lowest BCUT2D eigenvalue weighted by Gasteiger charge is -2.09. The Hall–Kier alpha value is -2.48. The Bertz CT molecular complexity index is 598. The predicted molar refractivity (Wildman–Crippen MR) is 60.1 cm³/mol. The molecule has 0 radical (unpaired) electrons. The number of hydrogen-bond acceptors (Lipinski definition) is 2. The summed E-state index contributed by atoms with van der Waals surface area (Å²) in [6.45, 7) is 1.18. The lowest BCUT2D eigenvalue weighted by Crippen LogP contribution is -2.11. The van der Waals surface area contributed by atoms with Crippen molar-refractivity contribution in [2.24, 2.45) is 0 Å². The van der Waals surface area contributed by atoms with Crippen molar-refractivity contribution in [3.05, 3.63) is 65.0 Å². The molecule has 2 nitrogen and oxygen atoms in total. The number of ether oxygens (including phenoxy) is 1. The molecule has 0 aromatic heterocycles. The van der Waals surface area contributed by atoms with Crippen LogP contribution >= 0.6 is 0 Å². The number of rotatable bonds is 2. The molecule has 0 fully saturated rings. The minimum absolute atomic E-state index is 0.0223. The molecule has 0 aliphatic heterocycles. The summed E-state index contributed by atoms with van der Waals surface area (Å²) in [4.78, 5) is 11.7. The largest absolute Gasteiger partial charge is 0.419 e. The van der Waals surface area contributed by atoms with Gasteiger partial charge in [0.1, 0.15) is 11.4 Å². The third kappa shape index (κ3) is 2.52. The van der Waals surface area contributed by atoms with Crippen LogP contribution in [-0.2, 0) is 0 Å². The minimum Gasteiger partial charge on any atom is -0.419 e. The highest BCUT2D eigenvalue weighted by Gasteiger charge is 2.20. The van der Waals surface area contributed by atoms with Crippen molar-refractivity contribution in [3.63, 3.8) is 0 Å². The van der Waals surface area contributed by atoms with E-state index in [0.717, 1.165) is 0 Å². The van der Waals surface area contributed by atoms with Gasteiger partial charge < -0.3 is 4.74 Å². The molecular weight excluding hydrogens is 257 g/mol. The third-order valence-corrected chi connectivity index (χ3v) is 2.43. The highest BCUT2D eigenvalue weighted by atomic mass is 19.2. The van der Waals surface area contributed by atoms with Gasteiger partial charge in [-0.3, -0.25) is 0 Å². The van der Waals surface area contributed by atoms with E-state index in [1.54, 1.807) is 0 Å². The Balaban J connectivity index is 2.37. The van der Waals surface area contributed by atoms with E-state index in [-0.39, 0.29) is 11.1 Å². The van der Waals surface area contributed by atoms with Gasteiger partial charge in [-0.2, -0.15) is 4.39 Å². The Morgan fingerprint density at radius 1 is 1.26 bits per heavy atom. The second-order valence-corrected chi connectivity index (χ2v) is 3.71. The van der Waals surface area contributed by atoms with Gasteiger partial charge in [0.25, 0.3) is 0 Å². The van der Waals surface area contributed by atoms with Gasteiger partial charge >= 0.3 is 5.97 Å². The first-order valence-electron chi connectivity index (χ1n) is 5.25. The molecule has 0 aliphatic rings. The fourth-order valence-electron chi connectivity index (χ4n) is 1.41. The van der Waals surface area contributed by atoms with Gasteiger partial charge in [0, 0.05) is 11.6 Å². The van der Waals surface area contributed by atoms with E-state index in [4.69, 9.17) is 0 Å². The van der Waals surface area contributed by atoms with E-state index in [2.05, 4.69) is 16.9 Å². The molecule has 2 aromatic carbocycles. The molecule has 0 heterocycles. The zero-order chi connectivity index (χ0) is 14.0. The molecule has 0 atom stereocenters. The number of carbonyl (C=O) groups is 1. The first kappa shape index (κ1) is 13.0. The SMILES string of the molecule is Cc1c(F)cc(F)c(F)c1OC(=O)c1c#cccc1. The van der Waals surface area contributed by atoms with Crippen molar-refractivity contribution < 1.29 is 22.7 Å². The van der Waals surface area contributed by atoms with E-state index in [9.17, 15) is 18.0 Å². The van der Waals surface area contributed by atoms with Gasteiger partial charge in [-0.1, -0.05) is 18.2 Å². The third-order valence-electron chi connectivity index (χ3n) is 2.43. The maximum absolute atomic E-state index is 13.5. The van der Waals surface area contributed by atoms with Crippen LogP contribution in [0.3, 0.4) is 0 Å². The Labute approximate surface area is 107 Å². The van der Waals surface area contributed by atoms with Crippen molar-refractivity contribution in [3.8, 4) is 5.75 Å². The first-order valence-corrected chi connectivity index (χ1v) is 5.25. The normalized spacial score (nSPS) is 9.89.